The summed E-state index contributed by atoms with van der Waals surface area (Å²) in [5, 5.41) is 0. The summed E-state index contributed by atoms with van der Waals surface area (Å²) in [5.74, 6) is 1.97. The lowest BCUT2D eigenvalue weighted by Gasteiger charge is -2.12. The van der Waals surface area contributed by atoms with Crippen molar-refractivity contribution in [2.75, 3.05) is 12.3 Å². The van der Waals surface area contributed by atoms with E-state index in [1.807, 2.05) is 12.1 Å². The van der Waals surface area contributed by atoms with E-state index in [1.54, 1.807) is 42.3 Å². The van der Waals surface area contributed by atoms with E-state index in [4.69, 9.17) is 4.42 Å². The Balaban J connectivity index is 1.57. The van der Waals surface area contributed by atoms with Crippen LogP contribution >= 0.6 is 11.8 Å². The summed E-state index contributed by atoms with van der Waals surface area (Å²) >= 11 is 1.64. The number of benzene rings is 1. The van der Waals surface area contributed by atoms with Crippen LogP contribution in [0.25, 0.3) is 0 Å². The van der Waals surface area contributed by atoms with Gasteiger partial charge < -0.3 is 4.42 Å². The van der Waals surface area contributed by atoms with E-state index in [0.717, 1.165) is 11.5 Å². The number of amides is 2. The molecule has 0 spiro atoms. The first-order chi connectivity index (χ1) is 9.77. The number of imide groups is 1. The lowest BCUT2D eigenvalue weighted by molar-refractivity contribution is 0.0664. The molecule has 5 heteroatoms. The lowest BCUT2D eigenvalue weighted by atomic mass is 10.1. The average molecular weight is 287 g/mol. The molecular weight excluding hydrogens is 274 g/mol. The Morgan fingerprint density at radius 1 is 1.00 bits per heavy atom. The first-order valence-corrected chi connectivity index (χ1v) is 7.48. The van der Waals surface area contributed by atoms with Gasteiger partial charge in [0.15, 0.2) is 0 Å². The molecule has 0 N–H and O–H groups in total. The van der Waals surface area contributed by atoms with Gasteiger partial charge in [-0.3, -0.25) is 14.5 Å². The van der Waals surface area contributed by atoms with Gasteiger partial charge in [-0.1, -0.05) is 12.1 Å². The molecule has 1 aromatic heterocycles. The molecule has 0 saturated carbocycles. The van der Waals surface area contributed by atoms with E-state index in [0.29, 0.717) is 23.4 Å². The molecular formula is C15H13NO3S. The zero-order valence-corrected chi connectivity index (χ0v) is 11.6. The fourth-order valence-electron chi connectivity index (χ4n) is 2.17. The predicted molar refractivity (Wildman–Crippen MR) is 76.7 cm³/mol. The molecule has 1 aliphatic heterocycles. The van der Waals surface area contributed by atoms with Gasteiger partial charge in [0, 0.05) is 12.3 Å². The molecule has 0 bridgehead atoms. The molecule has 1 aromatic carbocycles. The van der Waals surface area contributed by atoms with Gasteiger partial charge in [0.2, 0.25) is 0 Å². The number of nitrogens with zero attached hydrogens (tertiary/aromatic N) is 1. The normalized spacial score (nSPS) is 13.9. The van der Waals surface area contributed by atoms with E-state index >= 15 is 0 Å². The van der Waals surface area contributed by atoms with Crippen molar-refractivity contribution in [3.8, 4) is 0 Å². The monoisotopic (exact) mass is 287 g/mol. The van der Waals surface area contributed by atoms with Gasteiger partial charge in [0.25, 0.3) is 11.8 Å². The van der Waals surface area contributed by atoms with Crippen LogP contribution in [-0.2, 0) is 5.75 Å². The summed E-state index contributed by atoms with van der Waals surface area (Å²) in [5.41, 5.74) is 1.02. The maximum absolute atomic E-state index is 12.1. The van der Waals surface area contributed by atoms with Crippen LogP contribution in [0.15, 0.2) is 47.1 Å². The minimum Gasteiger partial charge on any atom is -0.468 e. The summed E-state index contributed by atoms with van der Waals surface area (Å²) in [6, 6.07) is 10.7. The fraction of sp³-hybridized carbons (Fsp3) is 0.200. The minimum atomic E-state index is -0.191. The van der Waals surface area contributed by atoms with Crippen molar-refractivity contribution in [3.63, 3.8) is 0 Å². The molecule has 20 heavy (non-hydrogen) atoms. The van der Waals surface area contributed by atoms with Gasteiger partial charge in [-0.05, 0) is 24.3 Å². The molecule has 4 nitrogen and oxygen atoms in total. The molecule has 1 aliphatic rings. The molecule has 0 atom stereocenters. The Morgan fingerprint density at radius 2 is 1.70 bits per heavy atom. The van der Waals surface area contributed by atoms with E-state index in [1.165, 1.54) is 4.90 Å². The fourth-order valence-corrected chi connectivity index (χ4v) is 2.99. The molecule has 2 aromatic rings. The molecule has 0 radical (unpaired) electrons. The lowest BCUT2D eigenvalue weighted by Crippen LogP contribution is -2.31. The van der Waals surface area contributed by atoms with Crippen molar-refractivity contribution >= 4 is 23.6 Å². The SMILES string of the molecule is O=C1c2ccccc2C(=O)N1CCSCc1ccco1. The smallest absolute Gasteiger partial charge is 0.261 e. The third kappa shape index (κ3) is 2.36. The first-order valence-electron chi connectivity index (χ1n) is 6.33. The number of fused-ring (bicyclic) bond motifs is 1. The highest BCUT2D eigenvalue weighted by Crippen LogP contribution is 2.23. The molecule has 3 rings (SSSR count). The largest absolute Gasteiger partial charge is 0.468 e. The van der Waals surface area contributed by atoms with Gasteiger partial charge in [-0.25, -0.2) is 0 Å². The van der Waals surface area contributed by atoms with Crippen molar-refractivity contribution < 1.29 is 14.0 Å². The number of furan rings is 1. The van der Waals surface area contributed by atoms with Crippen LogP contribution < -0.4 is 0 Å². The van der Waals surface area contributed by atoms with Crippen molar-refractivity contribution in [2.24, 2.45) is 0 Å². The summed E-state index contributed by atoms with van der Waals surface area (Å²) < 4.78 is 5.23. The molecule has 0 aliphatic carbocycles. The van der Waals surface area contributed by atoms with Crippen LogP contribution in [0, 0.1) is 0 Å². The van der Waals surface area contributed by atoms with E-state index < -0.39 is 0 Å². The quantitative estimate of drug-likeness (QED) is 0.627. The second-order valence-corrected chi connectivity index (χ2v) is 5.54. The number of hydrogen-bond donors (Lipinski definition) is 0. The number of hydrogen-bond acceptors (Lipinski definition) is 4. The van der Waals surface area contributed by atoms with Crippen LogP contribution in [0.4, 0.5) is 0 Å². The topological polar surface area (TPSA) is 50.5 Å². The minimum absolute atomic E-state index is 0.191. The molecule has 2 amide bonds. The Hall–Kier alpha value is -2.01. The Labute approximate surface area is 120 Å². The molecule has 102 valence electrons. The van der Waals surface area contributed by atoms with Crippen molar-refractivity contribution in [2.45, 2.75) is 5.75 Å². The number of thioether (sulfide) groups is 1. The van der Waals surface area contributed by atoms with Crippen LogP contribution in [0.2, 0.25) is 0 Å². The predicted octanol–water partition coefficient (Wildman–Crippen LogP) is 2.81. The van der Waals surface area contributed by atoms with Crippen LogP contribution in [-0.4, -0.2) is 29.0 Å². The molecule has 0 saturated heterocycles. The van der Waals surface area contributed by atoms with Gasteiger partial charge in [-0.15, -0.1) is 0 Å². The summed E-state index contributed by atoms with van der Waals surface area (Å²) in [6.07, 6.45) is 1.64. The average Bonchev–Trinajstić information content (AvgIpc) is 3.06. The van der Waals surface area contributed by atoms with Gasteiger partial charge in [0.05, 0.1) is 23.1 Å². The number of carbonyl (C=O) groups is 2. The van der Waals surface area contributed by atoms with Crippen molar-refractivity contribution in [1.29, 1.82) is 0 Å². The summed E-state index contributed by atoms with van der Waals surface area (Å²) in [6.45, 7) is 0.428. The number of rotatable bonds is 5. The Kier molecular flexibility index (Phi) is 3.60. The zero-order valence-electron chi connectivity index (χ0n) is 10.7. The highest BCUT2D eigenvalue weighted by atomic mass is 32.2. The highest BCUT2D eigenvalue weighted by molar-refractivity contribution is 7.98. The van der Waals surface area contributed by atoms with Gasteiger partial charge in [-0.2, -0.15) is 11.8 Å². The maximum Gasteiger partial charge on any atom is 0.261 e. The van der Waals surface area contributed by atoms with Crippen molar-refractivity contribution in [1.82, 2.24) is 4.90 Å². The molecule has 2 heterocycles. The third-order valence-corrected chi connectivity index (χ3v) is 4.12. The van der Waals surface area contributed by atoms with Gasteiger partial charge >= 0.3 is 0 Å². The van der Waals surface area contributed by atoms with Crippen LogP contribution in [0.3, 0.4) is 0 Å². The van der Waals surface area contributed by atoms with Crippen LogP contribution in [0.5, 0.6) is 0 Å². The maximum atomic E-state index is 12.1. The highest BCUT2D eigenvalue weighted by Gasteiger charge is 2.34. The van der Waals surface area contributed by atoms with E-state index in [-0.39, 0.29) is 11.8 Å². The molecule has 0 fully saturated rings. The Bertz CT molecular complexity index is 601. The summed E-state index contributed by atoms with van der Waals surface area (Å²) in [4.78, 5) is 25.5. The molecule has 0 unspecified atom stereocenters. The summed E-state index contributed by atoms with van der Waals surface area (Å²) in [7, 11) is 0. The van der Waals surface area contributed by atoms with E-state index in [9.17, 15) is 9.59 Å². The Morgan fingerprint density at radius 3 is 2.30 bits per heavy atom. The first kappa shape index (κ1) is 13.0. The van der Waals surface area contributed by atoms with Crippen molar-refractivity contribution in [3.05, 3.63) is 59.5 Å². The third-order valence-electron chi connectivity index (χ3n) is 3.16. The zero-order chi connectivity index (χ0) is 13.9. The second kappa shape index (κ2) is 5.54. The van der Waals surface area contributed by atoms with E-state index in [2.05, 4.69) is 0 Å². The standard InChI is InChI=1S/C15H13NO3S/c17-14-12-5-1-2-6-13(12)15(18)16(14)7-9-20-10-11-4-3-8-19-11/h1-6,8H,7,9-10H2. The number of carbonyl (C=O) groups excluding carboxylic acids is 2. The van der Waals surface area contributed by atoms with Crippen LogP contribution in [0.1, 0.15) is 26.5 Å². The second-order valence-electron chi connectivity index (χ2n) is 4.44. The van der Waals surface area contributed by atoms with Gasteiger partial charge in [0.1, 0.15) is 5.76 Å².